The fraction of sp³-hybridized carbons (Fsp3) is 0.950. The first kappa shape index (κ1) is 22.9. The summed E-state index contributed by atoms with van der Waals surface area (Å²) in [7, 11) is -3.49. The summed E-state index contributed by atoms with van der Waals surface area (Å²) >= 11 is 6.44. The Morgan fingerprint density at radius 2 is 1.76 bits per heavy atom. The first-order valence-electron chi connectivity index (χ1n) is 11.1. The number of hydrogen-bond acceptors (Lipinski definition) is 4. The van der Waals surface area contributed by atoms with Crippen molar-refractivity contribution in [2.45, 2.75) is 106 Å². The second-order valence-corrected chi connectivity index (χ2v) is 11.8. The van der Waals surface area contributed by atoms with Crippen molar-refractivity contribution in [1.29, 1.82) is 0 Å². The van der Waals surface area contributed by atoms with E-state index >= 15 is 0 Å². The van der Waals surface area contributed by atoms with Crippen LogP contribution in [0.4, 0.5) is 0 Å². The molecular weight excluding hydrogens is 414 g/mol. The van der Waals surface area contributed by atoms with E-state index in [2.05, 4.69) is 17.0 Å². The molecule has 0 heterocycles. The van der Waals surface area contributed by atoms with Gasteiger partial charge in [0.25, 0.3) is 0 Å². The van der Waals surface area contributed by atoms with E-state index in [0.29, 0.717) is 25.2 Å². The molecule has 3 saturated carbocycles. The maximum atomic E-state index is 13.0. The molecule has 0 aromatic heterocycles. The van der Waals surface area contributed by atoms with E-state index in [-0.39, 0.29) is 35.8 Å². The van der Waals surface area contributed by atoms with Crippen LogP contribution in [-0.2, 0) is 14.8 Å². The van der Waals surface area contributed by atoms with Gasteiger partial charge in [0.2, 0.25) is 22.0 Å². The van der Waals surface area contributed by atoms with Gasteiger partial charge in [-0.05, 0) is 56.0 Å². The van der Waals surface area contributed by atoms with Gasteiger partial charge in [0, 0.05) is 35.2 Å². The summed E-state index contributed by atoms with van der Waals surface area (Å²) in [5, 5.41) is 4.14. The molecule has 3 N–H and O–H groups in total. The van der Waals surface area contributed by atoms with Gasteiger partial charge < -0.3 is 5.32 Å². The van der Waals surface area contributed by atoms with Gasteiger partial charge in [0.1, 0.15) is 0 Å². The minimum absolute atomic E-state index is 0.00600. The lowest BCUT2D eigenvalue weighted by molar-refractivity contribution is -0.529. The standard InChI is InChI=1S/C20H34ClN3O4S/c1-13-5-2-3-8-19(13)24-29(27,28)16-9-10-18(21)17(12-16)20(25)22-14-6-4-7-15(11-14)23-26/h13-19,24H,2-12H2,1H3,(H,22,25)/p+1. The first-order valence-corrected chi connectivity index (χ1v) is 13.1. The lowest BCUT2D eigenvalue weighted by atomic mass is 9.86. The number of sulfonamides is 1. The van der Waals surface area contributed by atoms with Gasteiger partial charge in [0.05, 0.1) is 11.2 Å². The van der Waals surface area contributed by atoms with E-state index in [1.807, 2.05) is 5.18 Å². The average Bonchev–Trinajstić information content (AvgIpc) is 2.70. The van der Waals surface area contributed by atoms with E-state index < -0.39 is 21.2 Å². The number of nitrogens with one attached hydrogen (secondary N) is 3. The summed E-state index contributed by atoms with van der Waals surface area (Å²) in [5.74, 6) is -0.348. The third-order valence-corrected chi connectivity index (χ3v) is 9.57. The molecule has 9 heteroatoms. The molecule has 7 unspecified atom stereocenters. The largest absolute Gasteiger partial charge is 0.353 e. The Balaban J connectivity index is 1.60. The molecule has 0 radical (unpaired) electrons. The molecule has 3 aliphatic carbocycles. The maximum Gasteiger partial charge on any atom is 0.224 e. The number of alkyl halides is 1. The fourth-order valence-electron chi connectivity index (χ4n) is 5.18. The summed E-state index contributed by atoms with van der Waals surface area (Å²) in [4.78, 5) is 23.8. The molecule has 1 amide bonds. The molecule has 0 bridgehead atoms. The number of amides is 1. The zero-order valence-corrected chi connectivity index (χ0v) is 18.8. The third-order valence-electron chi connectivity index (χ3n) is 7.11. The smallest absolute Gasteiger partial charge is 0.224 e. The minimum atomic E-state index is -3.49. The highest BCUT2D eigenvalue weighted by Gasteiger charge is 2.41. The summed E-state index contributed by atoms with van der Waals surface area (Å²) < 4.78 is 29.0. The fourth-order valence-corrected chi connectivity index (χ4v) is 7.40. The average molecular weight is 449 g/mol. The highest BCUT2D eigenvalue weighted by molar-refractivity contribution is 7.90. The number of carbonyl (C=O) groups excluding carboxylic acids is 1. The Kier molecular flexibility index (Phi) is 7.95. The lowest BCUT2D eigenvalue weighted by Crippen LogP contribution is -2.74. The number of halogens is 1. The highest BCUT2D eigenvalue weighted by atomic mass is 35.5. The van der Waals surface area contributed by atoms with Crippen molar-refractivity contribution < 1.29 is 18.4 Å². The van der Waals surface area contributed by atoms with Crippen molar-refractivity contribution in [2.75, 3.05) is 0 Å². The van der Waals surface area contributed by atoms with Crippen molar-refractivity contribution in [1.82, 2.24) is 10.0 Å². The van der Waals surface area contributed by atoms with Crippen molar-refractivity contribution in [3.63, 3.8) is 0 Å². The van der Waals surface area contributed by atoms with Crippen LogP contribution in [0.1, 0.15) is 77.6 Å². The predicted molar refractivity (Wildman–Crippen MR) is 113 cm³/mol. The van der Waals surface area contributed by atoms with Crippen molar-refractivity contribution in [2.24, 2.45) is 11.8 Å². The molecule has 3 rings (SSSR count). The van der Waals surface area contributed by atoms with E-state index in [4.69, 9.17) is 11.6 Å². The van der Waals surface area contributed by atoms with Crippen molar-refractivity contribution in [3.05, 3.63) is 4.91 Å². The Labute approximate surface area is 179 Å². The minimum Gasteiger partial charge on any atom is -0.353 e. The zero-order valence-electron chi connectivity index (χ0n) is 17.2. The molecule has 0 aromatic rings. The van der Waals surface area contributed by atoms with Crippen LogP contribution in [0.5, 0.6) is 0 Å². The van der Waals surface area contributed by atoms with Crippen LogP contribution in [0.3, 0.4) is 0 Å². The van der Waals surface area contributed by atoms with Gasteiger partial charge in [-0.2, -0.15) is 0 Å². The molecule has 0 aliphatic heterocycles. The van der Waals surface area contributed by atoms with Gasteiger partial charge in [-0.1, -0.05) is 19.8 Å². The predicted octanol–water partition coefficient (Wildman–Crippen LogP) is 1.54. The van der Waals surface area contributed by atoms with Crippen LogP contribution in [0.15, 0.2) is 0 Å². The highest BCUT2D eigenvalue weighted by Crippen LogP contribution is 2.34. The Morgan fingerprint density at radius 3 is 2.48 bits per heavy atom. The molecule has 29 heavy (non-hydrogen) atoms. The molecule has 0 aromatic carbocycles. The molecule has 166 valence electrons. The Morgan fingerprint density at radius 1 is 1.00 bits per heavy atom. The van der Waals surface area contributed by atoms with Crippen LogP contribution in [0, 0.1) is 16.7 Å². The van der Waals surface area contributed by atoms with Gasteiger partial charge in [-0.3, -0.25) is 4.79 Å². The van der Waals surface area contributed by atoms with Crippen LogP contribution in [-0.4, -0.2) is 43.1 Å². The van der Waals surface area contributed by atoms with Gasteiger partial charge in [0.15, 0.2) is 0 Å². The third kappa shape index (κ3) is 5.91. The zero-order chi connectivity index (χ0) is 21.0. The lowest BCUT2D eigenvalue weighted by Gasteiger charge is -2.35. The molecule has 3 aliphatic rings. The monoisotopic (exact) mass is 448 g/mol. The van der Waals surface area contributed by atoms with Crippen LogP contribution in [0.2, 0.25) is 0 Å². The quantitative estimate of drug-likeness (QED) is 0.535. The number of rotatable bonds is 6. The van der Waals surface area contributed by atoms with Crippen LogP contribution >= 0.6 is 11.6 Å². The summed E-state index contributed by atoms with van der Waals surface area (Å²) in [6, 6.07) is -0.180. The number of nitroso groups, excluding NO2 is 1. The number of carbonyl (C=O) groups is 1. The maximum absolute atomic E-state index is 13.0. The summed E-state index contributed by atoms with van der Waals surface area (Å²) in [6.45, 7) is 2.10. The van der Waals surface area contributed by atoms with Crippen LogP contribution < -0.4 is 15.2 Å². The molecule has 7 atom stereocenters. The second-order valence-electron chi connectivity index (χ2n) is 9.28. The van der Waals surface area contributed by atoms with E-state index in [1.54, 1.807) is 0 Å². The Hall–Kier alpha value is -0.730. The topological polar surface area (TPSA) is 106 Å². The first-order chi connectivity index (χ1) is 13.8. The van der Waals surface area contributed by atoms with Crippen LogP contribution in [0.25, 0.3) is 0 Å². The van der Waals surface area contributed by atoms with Gasteiger partial charge >= 0.3 is 0 Å². The van der Waals surface area contributed by atoms with E-state index in [9.17, 15) is 18.1 Å². The molecule has 3 fully saturated rings. The molecular formula is C20H35ClN3O4S+. The second kappa shape index (κ2) is 10.1. The van der Waals surface area contributed by atoms with E-state index in [1.165, 1.54) is 0 Å². The van der Waals surface area contributed by atoms with Gasteiger partial charge in [-0.25, -0.2) is 13.1 Å². The van der Waals surface area contributed by atoms with Crippen molar-refractivity contribution >= 4 is 27.5 Å². The molecule has 0 saturated heterocycles. The number of hydrogen-bond donors (Lipinski definition) is 3. The SMILES string of the molecule is CC1CCCCC1NS(=O)(=O)C1CCC(Cl)C(C(=O)NC2CCCC([NH+]=O)C2)C1. The normalized spacial score (nSPS) is 38.9. The summed E-state index contributed by atoms with van der Waals surface area (Å²) in [6.07, 6.45) is 8.56. The molecule has 0 spiro atoms. The van der Waals surface area contributed by atoms with E-state index in [0.717, 1.165) is 44.9 Å². The Bertz CT molecular complexity index is 689. The molecule has 7 nitrogen and oxygen atoms in total. The summed E-state index contributed by atoms with van der Waals surface area (Å²) in [5.41, 5.74) is 0. The van der Waals surface area contributed by atoms with Gasteiger partial charge in [-0.15, -0.1) is 11.6 Å². The van der Waals surface area contributed by atoms with Crippen molar-refractivity contribution in [3.8, 4) is 0 Å².